The highest BCUT2D eigenvalue weighted by Gasteiger charge is 2.11. The van der Waals surface area contributed by atoms with Crippen molar-refractivity contribution < 1.29 is 9.82 Å². The summed E-state index contributed by atoms with van der Waals surface area (Å²) in [6, 6.07) is 6.89. The first-order valence-corrected chi connectivity index (χ1v) is 5.09. The summed E-state index contributed by atoms with van der Waals surface area (Å²) in [5, 5.41) is 8.75. The molecule has 15 heavy (non-hydrogen) atoms. The number of carbonyl (C=O) groups excluding carboxylic acids is 1. The average molecular weight is 204 g/mol. The third kappa shape index (κ3) is 2.83. The Morgan fingerprint density at radius 1 is 1.27 bits per heavy atom. The molecule has 0 spiro atoms. The molecule has 0 bridgehead atoms. The molecule has 0 saturated carbocycles. The zero-order valence-corrected chi connectivity index (χ0v) is 9.10. The lowest BCUT2D eigenvalue weighted by Crippen LogP contribution is -2.30. The maximum absolute atomic E-state index is 11.9. The van der Waals surface area contributed by atoms with Gasteiger partial charge in [-0.25, -0.2) is 0 Å². The molecular weight excluding hydrogens is 189 g/mol. The average Bonchev–Trinajstić information content (AvgIpc) is 2.30. The van der Waals surface area contributed by atoms with Crippen molar-refractivity contribution in [1.82, 2.24) is 4.90 Å². The monoisotopic (exact) mass is 204 g/mol. The van der Waals surface area contributed by atoms with E-state index in [-0.39, 0.29) is 5.91 Å². The number of nitrogens with zero attached hydrogens (tertiary/aromatic N) is 1. The van der Waals surface area contributed by atoms with Crippen LogP contribution in [0.3, 0.4) is 0 Å². The van der Waals surface area contributed by atoms with Crippen molar-refractivity contribution >= 4 is 18.9 Å². The fraction of sp³-hybridized carbons (Fsp3) is 0.364. The summed E-state index contributed by atoms with van der Waals surface area (Å²) < 4.78 is 0. The fourth-order valence-corrected chi connectivity index (χ4v) is 1.41. The smallest absolute Gasteiger partial charge is 0.326 e. The molecule has 1 amide bonds. The van der Waals surface area contributed by atoms with E-state index in [4.69, 9.17) is 5.02 Å². The first-order valence-electron chi connectivity index (χ1n) is 5.09. The van der Waals surface area contributed by atoms with Crippen LogP contribution in [-0.2, 0) is 0 Å². The molecule has 0 aliphatic carbocycles. The quantitative estimate of drug-likeness (QED) is 0.721. The Hall–Kier alpha value is -1.29. The Kier molecular flexibility index (Phi) is 4.37. The van der Waals surface area contributed by atoms with E-state index in [1.54, 1.807) is 29.2 Å². The molecule has 0 heterocycles. The Morgan fingerprint density at radius 2 is 1.80 bits per heavy atom. The maximum Gasteiger partial charge on any atom is 0.326 e. The predicted molar refractivity (Wildman–Crippen MR) is 61.3 cm³/mol. The van der Waals surface area contributed by atoms with Gasteiger partial charge in [-0.15, -0.1) is 0 Å². The molecule has 1 aromatic carbocycles. The first kappa shape index (κ1) is 11.8. The molecule has 1 N–H and O–H groups in total. The molecule has 0 fully saturated rings. The van der Waals surface area contributed by atoms with Crippen LogP contribution in [0.15, 0.2) is 24.3 Å². The molecular formula is C11H15BNO2. The van der Waals surface area contributed by atoms with Crippen molar-refractivity contribution in [3.63, 3.8) is 0 Å². The molecule has 0 unspecified atom stereocenters. The molecule has 4 heteroatoms. The Morgan fingerprint density at radius 3 is 2.20 bits per heavy atom. The molecule has 1 radical (unpaired) electrons. The van der Waals surface area contributed by atoms with Gasteiger partial charge in [0.15, 0.2) is 0 Å². The van der Waals surface area contributed by atoms with Crippen LogP contribution in [0.4, 0.5) is 0 Å². The van der Waals surface area contributed by atoms with Crippen LogP contribution in [0.1, 0.15) is 24.2 Å². The van der Waals surface area contributed by atoms with E-state index in [0.717, 1.165) is 7.48 Å². The standard InChI is InChI=1S/C11H15BNO2/c1-3-13(4-2)11(14)9-5-7-10(12-15)8-6-9/h5-8,15H,3-4H2,1-2H3. The van der Waals surface area contributed by atoms with E-state index in [9.17, 15) is 4.79 Å². The minimum atomic E-state index is 0.0319. The second kappa shape index (κ2) is 5.56. The van der Waals surface area contributed by atoms with Gasteiger partial charge in [0.05, 0.1) is 0 Å². The van der Waals surface area contributed by atoms with E-state index in [1.807, 2.05) is 13.8 Å². The van der Waals surface area contributed by atoms with Crippen molar-refractivity contribution in [2.75, 3.05) is 13.1 Å². The first-order chi connectivity index (χ1) is 7.22. The van der Waals surface area contributed by atoms with Crippen LogP contribution in [-0.4, -0.2) is 36.4 Å². The van der Waals surface area contributed by atoms with Gasteiger partial charge in [-0.1, -0.05) is 17.6 Å². The summed E-state index contributed by atoms with van der Waals surface area (Å²) in [5.41, 5.74) is 1.36. The zero-order valence-electron chi connectivity index (χ0n) is 9.10. The summed E-state index contributed by atoms with van der Waals surface area (Å²) in [5.74, 6) is 0.0319. The second-order valence-electron chi connectivity index (χ2n) is 3.23. The van der Waals surface area contributed by atoms with Crippen LogP contribution in [0.2, 0.25) is 0 Å². The second-order valence-corrected chi connectivity index (χ2v) is 3.23. The van der Waals surface area contributed by atoms with E-state index < -0.39 is 0 Å². The third-order valence-electron chi connectivity index (χ3n) is 2.36. The lowest BCUT2D eigenvalue weighted by molar-refractivity contribution is 0.0773. The van der Waals surface area contributed by atoms with Crippen molar-refractivity contribution in [1.29, 1.82) is 0 Å². The summed E-state index contributed by atoms with van der Waals surface area (Å²) in [6.07, 6.45) is 0. The summed E-state index contributed by atoms with van der Waals surface area (Å²) >= 11 is 0. The Balaban J connectivity index is 2.82. The normalized spacial score (nSPS) is 9.80. The van der Waals surface area contributed by atoms with Gasteiger partial charge in [0.2, 0.25) is 0 Å². The van der Waals surface area contributed by atoms with E-state index in [2.05, 4.69) is 0 Å². The van der Waals surface area contributed by atoms with Gasteiger partial charge < -0.3 is 9.92 Å². The van der Waals surface area contributed by atoms with Crippen molar-refractivity contribution in [2.45, 2.75) is 13.8 Å². The number of hydrogen-bond donors (Lipinski definition) is 1. The summed E-state index contributed by atoms with van der Waals surface area (Å²) in [7, 11) is 1.02. The van der Waals surface area contributed by atoms with E-state index >= 15 is 0 Å². The van der Waals surface area contributed by atoms with Gasteiger partial charge in [-0.05, 0) is 26.0 Å². The topological polar surface area (TPSA) is 40.5 Å². The Labute approximate surface area is 91.0 Å². The Bertz CT molecular complexity index is 320. The maximum atomic E-state index is 11.9. The number of benzene rings is 1. The van der Waals surface area contributed by atoms with Crippen LogP contribution in [0.25, 0.3) is 0 Å². The van der Waals surface area contributed by atoms with Gasteiger partial charge in [-0.2, -0.15) is 0 Å². The molecule has 0 atom stereocenters. The minimum Gasteiger partial charge on any atom is -0.450 e. The molecule has 0 aliphatic heterocycles. The third-order valence-corrected chi connectivity index (χ3v) is 2.36. The lowest BCUT2D eigenvalue weighted by Gasteiger charge is -2.18. The van der Waals surface area contributed by atoms with Crippen molar-refractivity contribution in [3.05, 3.63) is 29.8 Å². The highest BCUT2D eigenvalue weighted by molar-refractivity contribution is 6.45. The SMILES string of the molecule is CCN(CC)C(=O)c1ccc([B]O)cc1. The van der Waals surface area contributed by atoms with Crippen LogP contribution < -0.4 is 5.46 Å². The zero-order chi connectivity index (χ0) is 11.3. The molecule has 0 aliphatic rings. The van der Waals surface area contributed by atoms with E-state index in [1.165, 1.54) is 0 Å². The summed E-state index contributed by atoms with van der Waals surface area (Å²) in [6.45, 7) is 5.33. The summed E-state index contributed by atoms with van der Waals surface area (Å²) in [4.78, 5) is 13.6. The molecule has 0 aromatic heterocycles. The number of amides is 1. The largest absolute Gasteiger partial charge is 0.450 e. The number of rotatable bonds is 4. The highest BCUT2D eigenvalue weighted by Crippen LogP contribution is 2.02. The lowest BCUT2D eigenvalue weighted by atomic mass is 9.88. The fourth-order valence-electron chi connectivity index (χ4n) is 1.41. The molecule has 1 rings (SSSR count). The van der Waals surface area contributed by atoms with Crippen molar-refractivity contribution in [3.8, 4) is 0 Å². The molecule has 79 valence electrons. The van der Waals surface area contributed by atoms with Crippen LogP contribution in [0, 0.1) is 0 Å². The van der Waals surface area contributed by atoms with Gasteiger partial charge in [0, 0.05) is 18.7 Å². The van der Waals surface area contributed by atoms with Gasteiger partial charge >= 0.3 is 7.48 Å². The minimum absolute atomic E-state index is 0.0319. The number of hydrogen-bond acceptors (Lipinski definition) is 2. The van der Waals surface area contributed by atoms with Crippen LogP contribution in [0.5, 0.6) is 0 Å². The molecule has 3 nitrogen and oxygen atoms in total. The molecule has 1 aromatic rings. The van der Waals surface area contributed by atoms with E-state index in [0.29, 0.717) is 24.1 Å². The van der Waals surface area contributed by atoms with Gasteiger partial charge in [-0.3, -0.25) is 4.79 Å². The van der Waals surface area contributed by atoms with Gasteiger partial charge in [0.25, 0.3) is 5.91 Å². The van der Waals surface area contributed by atoms with Crippen molar-refractivity contribution in [2.24, 2.45) is 0 Å². The highest BCUT2D eigenvalue weighted by atomic mass is 16.2. The predicted octanol–water partition coefficient (Wildman–Crippen LogP) is 0.405. The van der Waals surface area contributed by atoms with Gasteiger partial charge in [0.1, 0.15) is 0 Å². The molecule has 0 saturated heterocycles. The number of carbonyl (C=O) groups is 1. The van der Waals surface area contributed by atoms with Crippen LogP contribution >= 0.6 is 0 Å².